The van der Waals surface area contributed by atoms with Gasteiger partial charge in [0.25, 0.3) is 0 Å². The average Bonchev–Trinajstić information content (AvgIpc) is 2.93. The van der Waals surface area contributed by atoms with Gasteiger partial charge >= 0.3 is 6.09 Å². The number of imide groups is 1. The summed E-state index contributed by atoms with van der Waals surface area (Å²) in [5, 5.41) is 24.2. The smallest absolute Gasteiger partial charge is 0.414 e. The molecule has 0 saturated heterocycles. The van der Waals surface area contributed by atoms with Gasteiger partial charge in [-0.3, -0.25) is 14.9 Å². The fourth-order valence-electron chi connectivity index (χ4n) is 6.79. The third-order valence-electron chi connectivity index (χ3n) is 8.86. The Balaban J connectivity index is 2.19. The Bertz CT molecular complexity index is 767. The van der Waals surface area contributed by atoms with Crippen LogP contribution in [0.15, 0.2) is 12.7 Å². The third-order valence-corrected chi connectivity index (χ3v) is 8.86. The minimum Gasteiger partial charge on any atom is -0.445 e. The van der Waals surface area contributed by atoms with Crippen molar-refractivity contribution in [3.05, 3.63) is 12.7 Å². The van der Waals surface area contributed by atoms with Crippen LogP contribution in [-0.2, 0) is 14.3 Å². The number of hydrogen-bond acceptors (Lipinski definition) is 6. The van der Waals surface area contributed by atoms with Gasteiger partial charge in [-0.2, -0.15) is 0 Å². The Morgan fingerprint density at radius 2 is 1.87 bits per heavy atom. The van der Waals surface area contributed by atoms with Gasteiger partial charge in [0.05, 0.1) is 6.10 Å². The van der Waals surface area contributed by atoms with Crippen LogP contribution in [0.3, 0.4) is 0 Å². The summed E-state index contributed by atoms with van der Waals surface area (Å²) in [6.07, 6.45) is 0.262. The maximum Gasteiger partial charge on any atom is 0.414 e. The van der Waals surface area contributed by atoms with E-state index in [4.69, 9.17) is 4.74 Å². The van der Waals surface area contributed by atoms with E-state index >= 15 is 0 Å². The summed E-state index contributed by atoms with van der Waals surface area (Å²) in [4.78, 5) is 37.1. The highest BCUT2D eigenvalue weighted by atomic mass is 16.6. The van der Waals surface area contributed by atoms with E-state index in [1.165, 1.54) is 6.92 Å². The SMILES string of the molecule is C=C[C@]1(C)C[C@@H](OC(=O)NC(C)=O)[C@]2(C)[C@H](C)CC[C@]3(C[C@H](O)C(=O)[C@H]32)[C@@H](C)[C@@H]1O. The Kier molecular flexibility index (Phi) is 5.70. The summed E-state index contributed by atoms with van der Waals surface area (Å²) < 4.78 is 5.80. The number of alkyl carbamates (subject to hydrolysis) is 1. The van der Waals surface area contributed by atoms with Crippen LogP contribution in [0.1, 0.15) is 60.3 Å². The van der Waals surface area contributed by atoms with E-state index in [0.717, 1.165) is 12.8 Å². The number of aliphatic hydroxyl groups excluding tert-OH is 2. The fourth-order valence-corrected chi connectivity index (χ4v) is 6.79. The number of hydrogen-bond donors (Lipinski definition) is 3. The summed E-state index contributed by atoms with van der Waals surface area (Å²) in [5.41, 5.74) is -2.10. The summed E-state index contributed by atoms with van der Waals surface area (Å²) >= 11 is 0. The van der Waals surface area contributed by atoms with Crippen LogP contribution in [0.5, 0.6) is 0 Å². The second-order valence-corrected chi connectivity index (χ2v) is 10.3. The van der Waals surface area contributed by atoms with Crippen LogP contribution in [0.4, 0.5) is 4.79 Å². The second-order valence-electron chi connectivity index (χ2n) is 10.3. The van der Waals surface area contributed by atoms with E-state index in [1.54, 1.807) is 6.08 Å². The third kappa shape index (κ3) is 3.12. The van der Waals surface area contributed by atoms with E-state index < -0.39 is 52.5 Å². The van der Waals surface area contributed by atoms with Crippen molar-refractivity contribution in [2.24, 2.45) is 34.0 Å². The van der Waals surface area contributed by atoms with Gasteiger partial charge in [-0.05, 0) is 42.9 Å². The minimum absolute atomic E-state index is 0.0384. The van der Waals surface area contributed by atoms with Gasteiger partial charge in [-0.1, -0.05) is 33.8 Å². The van der Waals surface area contributed by atoms with Crippen LogP contribution in [0.2, 0.25) is 0 Å². The molecule has 7 heteroatoms. The molecule has 0 radical (unpaired) electrons. The molecule has 0 aromatic carbocycles. The number of ether oxygens (including phenoxy) is 1. The van der Waals surface area contributed by atoms with E-state index in [1.807, 2.05) is 20.8 Å². The largest absolute Gasteiger partial charge is 0.445 e. The molecule has 0 heterocycles. The van der Waals surface area contributed by atoms with Crippen molar-refractivity contribution in [1.82, 2.24) is 5.32 Å². The topological polar surface area (TPSA) is 113 Å². The minimum atomic E-state index is -1.09. The fraction of sp³-hybridized carbons (Fsp3) is 0.783. The second kappa shape index (κ2) is 7.45. The predicted molar refractivity (Wildman–Crippen MR) is 110 cm³/mol. The number of Topliss-reactive ketones (excluding diaryl/α,β-unsaturated/α-hetero) is 1. The highest BCUT2D eigenvalue weighted by molar-refractivity contribution is 5.91. The molecule has 0 aromatic rings. The van der Waals surface area contributed by atoms with E-state index in [0.29, 0.717) is 6.42 Å². The Morgan fingerprint density at radius 3 is 2.43 bits per heavy atom. The summed E-state index contributed by atoms with van der Waals surface area (Å²) in [5.74, 6) is -1.51. The zero-order valence-electron chi connectivity index (χ0n) is 18.6. The van der Waals surface area contributed by atoms with Crippen LogP contribution in [0.25, 0.3) is 0 Å². The van der Waals surface area contributed by atoms with Crippen LogP contribution in [-0.4, -0.2) is 46.3 Å². The Labute approximate surface area is 178 Å². The molecular formula is C23H35NO6. The van der Waals surface area contributed by atoms with Crippen molar-refractivity contribution in [3.8, 4) is 0 Å². The number of carbonyl (C=O) groups excluding carboxylic acids is 3. The first-order valence-electron chi connectivity index (χ1n) is 10.8. The molecule has 0 aromatic heterocycles. The molecular weight excluding hydrogens is 386 g/mol. The Morgan fingerprint density at radius 1 is 1.23 bits per heavy atom. The molecule has 30 heavy (non-hydrogen) atoms. The lowest BCUT2D eigenvalue weighted by molar-refractivity contribution is -0.191. The molecule has 3 saturated carbocycles. The van der Waals surface area contributed by atoms with Gasteiger partial charge in [-0.15, -0.1) is 6.58 Å². The number of ketones is 1. The van der Waals surface area contributed by atoms with Gasteiger partial charge in [0.2, 0.25) is 5.91 Å². The number of nitrogens with one attached hydrogen (secondary N) is 1. The predicted octanol–water partition coefficient (Wildman–Crippen LogP) is 2.59. The lowest BCUT2D eigenvalue weighted by Crippen LogP contribution is -2.63. The van der Waals surface area contributed by atoms with Crippen molar-refractivity contribution in [3.63, 3.8) is 0 Å². The van der Waals surface area contributed by atoms with Gasteiger partial charge in [-0.25, -0.2) is 4.79 Å². The number of rotatable bonds is 2. The monoisotopic (exact) mass is 421 g/mol. The van der Waals surface area contributed by atoms with Crippen molar-refractivity contribution < 1.29 is 29.3 Å². The van der Waals surface area contributed by atoms with E-state index in [-0.39, 0.29) is 24.0 Å². The van der Waals surface area contributed by atoms with Crippen molar-refractivity contribution in [1.29, 1.82) is 0 Å². The van der Waals surface area contributed by atoms with E-state index in [9.17, 15) is 24.6 Å². The molecule has 2 bridgehead atoms. The van der Waals surface area contributed by atoms with Crippen molar-refractivity contribution >= 4 is 17.8 Å². The number of carbonyl (C=O) groups is 3. The lowest BCUT2D eigenvalue weighted by atomic mass is 9.44. The summed E-state index contributed by atoms with van der Waals surface area (Å²) in [7, 11) is 0. The molecule has 7 nitrogen and oxygen atoms in total. The molecule has 0 spiro atoms. The molecule has 3 aliphatic rings. The van der Waals surface area contributed by atoms with Crippen LogP contribution in [0, 0.1) is 34.0 Å². The molecule has 3 rings (SSSR count). The van der Waals surface area contributed by atoms with Gasteiger partial charge in [0, 0.05) is 23.7 Å². The van der Waals surface area contributed by atoms with Gasteiger partial charge < -0.3 is 14.9 Å². The highest BCUT2D eigenvalue weighted by Crippen LogP contribution is 2.67. The molecule has 0 unspecified atom stereocenters. The number of aliphatic hydroxyl groups is 2. The first-order valence-corrected chi connectivity index (χ1v) is 10.8. The van der Waals surface area contributed by atoms with Gasteiger partial charge in [0.15, 0.2) is 5.78 Å². The highest BCUT2D eigenvalue weighted by Gasteiger charge is 2.70. The molecule has 3 N–H and O–H groups in total. The van der Waals surface area contributed by atoms with E-state index in [2.05, 4.69) is 18.8 Å². The zero-order chi connectivity index (χ0) is 22.6. The number of amides is 2. The normalized spacial score (nSPS) is 48.2. The summed E-state index contributed by atoms with van der Waals surface area (Å²) in [6, 6.07) is 0. The molecule has 2 amide bonds. The molecule has 9 atom stereocenters. The van der Waals surface area contributed by atoms with Crippen LogP contribution < -0.4 is 5.32 Å². The average molecular weight is 422 g/mol. The maximum absolute atomic E-state index is 13.3. The standard InChI is InChI=1S/C23H35NO6/c1-7-21(5)11-16(30-20(29)24-14(4)25)22(6)12(2)8-9-23(13(3)19(21)28)10-15(26)17(27)18(22)23/h7,12-13,15-16,18-19,26,28H,1,8-11H2,2-6H3,(H,24,25,29)/t12-,13+,15+,16-,18+,19+,21-,22+,23+/m1/s1. The Hall–Kier alpha value is -1.73. The molecule has 168 valence electrons. The molecule has 0 aliphatic heterocycles. The molecule has 3 aliphatic carbocycles. The van der Waals surface area contributed by atoms with Crippen molar-refractivity contribution in [2.45, 2.75) is 78.6 Å². The first-order chi connectivity index (χ1) is 13.8. The molecule has 3 fully saturated rings. The van der Waals surface area contributed by atoms with Crippen LogP contribution >= 0.6 is 0 Å². The maximum atomic E-state index is 13.3. The van der Waals surface area contributed by atoms with Gasteiger partial charge in [0.1, 0.15) is 12.2 Å². The first kappa shape index (κ1) is 22.9. The lowest BCUT2D eigenvalue weighted by Gasteiger charge is -2.61. The van der Waals surface area contributed by atoms with Crippen molar-refractivity contribution in [2.75, 3.05) is 0 Å². The zero-order valence-corrected chi connectivity index (χ0v) is 18.6. The summed E-state index contributed by atoms with van der Waals surface area (Å²) in [6.45, 7) is 13.0. The quantitative estimate of drug-likeness (QED) is 0.591.